The molecule has 0 saturated heterocycles. The normalized spacial score (nSPS) is 11.0. The zero-order chi connectivity index (χ0) is 16.7. The van der Waals surface area contributed by atoms with Gasteiger partial charge in [-0.15, -0.1) is 0 Å². The van der Waals surface area contributed by atoms with E-state index in [4.69, 9.17) is 10.00 Å². The van der Waals surface area contributed by atoms with Crippen LogP contribution >= 0.6 is 0 Å². The van der Waals surface area contributed by atoms with E-state index < -0.39 is 10.0 Å². The smallest absolute Gasteiger partial charge is 0.242 e. The van der Waals surface area contributed by atoms with Crippen LogP contribution in [0.5, 0.6) is 5.75 Å². The Hall–Kier alpha value is -2.36. The highest BCUT2D eigenvalue weighted by Crippen LogP contribution is 2.16. The summed E-state index contributed by atoms with van der Waals surface area (Å²) in [6.07, 6.45) is 0.930. The molecule has 6 heteroatoms. The molecule has 120 valence electrons. The van der Waals surface area contributed by atoms with Gasteiger partial charge in [0, 0.05) is 6.54 Å². The highest BCUT2D eigenvalue weighted by atomic mass is 32.2. The molecule has 0 aliphatic carbocycles. The molecule has 0 heterocycles. The maximum absolute atomic E-state index is 12.3. The van der Waals surface area contributed by atoms with Crippen molar-refractivity contribution in [3.63, 3.8) is 0 Å². The molecule has 0 spiro atoms. The van der Waals surface area contributed by atoms with Gasteiger partial charge in [-0.2, -0.15) is 5.26 Å². The zero-order valence-corrected chi connectivity index (χ0v) is 13.6. The summed E-state index contributed by atoms with van der Waals surface area (Å²) in [5, 5.41) is 9.01. The van der Waals surface area contributed by atoms with Gasteiger partial charge in [-0.25, -0.2) is 13.1 Å². The topological polar surface area (TPSA) is 79.2 Å². The summed E-state index contributed by atoms with van der Waals surface area (Å²) in [6, 6.07) is 15.2. The van der Waals surface area contributed by atoms with Gasteiger partial charge in [-0.05, 0) is 36.2 Å². The summed E-state index contributed by atoms with van der Waals surface area (Å²) in [4.78, 5) is -0.00889. The molecule has 0 aromatic heterocycles. The second-order valence-corrected chi connectivity index (χ2v) is 6.66. The molecule has 2 aromatic carbocycles. The molecule has 2 aromatic rings. The van der Waals surface area contributed by atoms with Gasteiger partial charge in [0.05, 0.1) is 17.1 Å². The Morgan fingerprint density at radius 1 is 1.13 bits per heavy atom. The van der Waals surface area contributed by atoms with E-state index in [9.17, 15) is 8.42 Å². The molecule has 0 saturated carbocycles. The van der Waals surface area contributed by atoms with Crippen molar-refractivity contribution >= 4 is 10.0 Å². The number of benzene rings is 2. The van der Waals surface area contributed by atoms with Gasteiger partial charge in [-0.3, -0.25) is 0 Å². The fraction of sp³-hybridized carbons (Fsp3) is 0.235. The molecule has 0 unspecified atom stereocenters. The lowest BCUT2D eigenvalue weighted by Crippen LogP contribution is -2.24. The fourth-order valence-corrected chi connectivity index (χ4v) is 3.15. The average Bonchev–Trinajstić information content (AvgIpc) is 2.59. The third-order valence-corrected chi connectivity index (χ3v) is 4.62. The van der Waals surface area contributed by atoms with Crippen LogP contribution in [-0.4, -0.2) is 15.0 Å². The van der Waals surface area contributed by atoms with E-state index in [1.807, 2.05) is 37.3 Å². The van der Waals surface area contributed by atoms with Crippen molar-refractivity contribution in [3.8, 4) is 11.8 Å². The average molecular weight is 330 g/mol. The van der Waals surface area contributed by atoms with Gasteiger partial charge >= 0.3 is 0 Å². The van der Waals surface area contributed by atoms with Crippen LogP contribution in [-0.2, 0) is 16.6 Å². The molecule has 23 heavy (non-hydrogen) atoms. The number of hydrogen-bond donors (Lipinski definition) is 1. The van der Waals surface area contributed by atoms with Crippen LogP contribution < -0.4 is 9.46 Å². The first-order valence-electron chi connectivity index (χ1n) is 7.27. The molecule has 0 radical (unpaired) electrons. The summed E-state index contributed by atoms with van der Waals surface area (Å²) in [7, 11) is -3.73. The Balaban J connectivity index is 2.06. The second kappa shape index (κ2) is 7.77. The minimum atomic E-state index is -3.73. The number of rotatable bonds is 7. The molecule has 2 rings (SSSR count). The van der Waals surface area contributed by atoms with E-state index in [1.54, 1.807) is 12.1 Å². The first-order valence-corrected chi connectivity index (χ1v) is 8.75. The quantitative estimate of drug-likeness (QED) is 0.846. The molecule has 0 bridgehead atoms. The lowest BCUT2D eigenvalue weighted by atomic mass is 10.2. The Kier molecular flexibility index (Phi) is 5.74. The number of sulfonamides is 1. The summed E-state index contributed by atoms with van der Waals surface area (Å²) in [6.45, 7) is 2.83. The van der Waals surface area contributed by atoms with E-state index in [2.05, 4.69) is 4.72 Å². The van der Waals surface area contributed by atoms with Gasteiger partial charge in [0.25, 0.3) is 0 Å². The molecule has 0 atom stereocenters. The van der Waals surface area contributed by atoms with Crippen LogP contribution in [0.3, 0.4) is 0 Å². The number of nitriles is 1. The van der Waals surface area contributed by atoms with Crippen LogP contribution in [0.4, 0.5) is 0 Å². The fourth-order valence-electron chi connectivity index (χ4n) is 1.97. The third kappa shape index (κ3) is 4.55. The Morgan fingerprint density at radius 3 is 2.48 bits per heavy atom. The predicted octanol–water partition coefficient (Wildman–Crippen LogP) is 2.83. The van der Waals surface area contributed by atoms with Gasteiger partial charge in [-0.1, -0.05) is 31.2 Å². The molecule has 0 aliphatic rings. The van der Waals surface area contributed by atoms with E-state index in [0.29, 0.717) is 6.61 Å². The van der Waals surface area contributed by atoms with Crippen molar-refractivity contribution in [2.75, 3.05) is 6.61 Å². The van der Waals surface area contributed by atoms with Crippen molar-refractivity contribution in [2.45, 2.75) is 24.8 Å². The van der Waals surface area contributed by atoms with Crippen molar-refractivity contribution < 1.29 is 13.2 Å². The van der Waals surface area contributed by atoms with E-state index in [1.165, 1.54) is 12.1 Å². The summed E-state index contributed by atoms with van der Waals surface area (Å²) in [5.74, 6) is 0.758. The number of nitrogens with one attached hydrogen (secondary N) is 1. The molecular formula is C17H18N2O3S. The molecule has 0 fully saturated rings. The standard InChI is InChI=1S/C17H18N2O3S/c1-2-11-22-16-9-7-14(8-10-16)13-19-23(20,21)17-6-4-3-5-15(17)12-18/h3-10,19H,2,11,13H2,1H3. The Labute approximate surface area is 136 Å². The molecule has 0 amide bonds. The first-order chi connectivity index (χ1) is 11.1. The van der Waals surface area contributed by atoms with Crippen LogP contribution in [0.25, 0.3) is 0 Å². The van der Waals surface area contributed by atoms with Crippen LogP contribution in [0.15, 0.2) is 53.4 Å². The number of ether oxygens (including phenoxy) is 1. The highest BCUT2D eigenvalue weighted by Gasteiger charge is 2.17. The SMILES string of the molecule is CCCOc1ccc(CNS(=O)(=O)c2ccccc2C#N)cc1. The highest BCUT2D eigenvalue weighted by molar-refractivity contribution is 7.89. The summed E-state index contributed by atoms with van der Waals surface area (Å²) in [5.41, 5.74) is 0.940. The molecule has 1 N–H and O–H groups in total. The molecular weight excluding hydrogens is 312 g/mol. The summed E-state index contributed by atoms with van der Waals surface area (Å²) >= 11 is 0. The minimum Gasteiger partial charge on any atom is -0.494 e. The van der Waals surface area contributed by atoms with Gasteiger partial charge in [0.2, 0.25) is 10.0 Å². The number of nitrogens with zero attached hydrogens (tertiary/aromatic N) is 1. The lowest BCUT2D eigenvalue weighted by Gasteiger charge is -2.09. The van der Waals surface area contributed by atoms with Crippen molar-refractivity contribution in [2.24, 2.45) is 0 Å². The lowest BCUT2D eigenvalue weighted by molar-refractivity contribution is 0.317. The van der Waals surface area contributed by atoms with Crippen molar-refractivity contribution in [3.05, 3.63) is 59.7 Å². The third-order valence-electron chi connectivity index (χ3n) is 3.16. The minimum absolute atomic E-state index is 0.00889. The van der Waals surface area contributed by atoms with Crippen molar-refractivity contribution in [1.82, 2.24) is 4.72 Å². The van der Waals surface area contributed by atoms with Crippen LogP contribution in [0.1, 0.15) is 24.5 Å². The van der Waals surface area contributed by atoms with Crippen molar-refractivity contribution in [1.29, 1.82) is 5.26 Å². The van der Waals surface area contributed by atoms with E-state index >= 15 is 0 Å². The number of hydrogen-bond acceptors (Lipinski definition) is 4. The predicted molar refractivity (Wildman–Crippen MR) is 87.4 cm³/mol. The largest absolute Gasteiger partial charge is 0.494 e. The zero-order valence-electron chi connectivity index (χ0n) is 12.8. The molecule has 5 nitrogen and oxygen atoms in total. The van der Waals surface area contributed by atoms with Crippen LogP contribution in [0.2, 0.25) is 0 Å². The van der Waals surface area contributed by atoms with E-state index in [-0.39, 0.29) is 17.0 Å². The monoisotopic (exact) mass is 330 g/mol. The van der Waals surface area contributed by atoms with Gasteiger partial charge in [0.15, 0.2) is 0 Å². The van der Waals surface area contributed by atoms with E-state index in [0.717, 1.165) is 17.7 Å². The van der Waals surface area contributed by atoms with Gasteiger partial charge in [0.1, 0.15) is 11.8 Å². The first kappa shape index (κ1) is 17.0. The Bertz CT molecular complexity index is 793. The summed E-state index contributed by atoms with van der Waals surface area (Å²) < 4.78 is 32.6. The second-order valence-electron chi connectivity index (χ2n) is 4.92. The molecule has 0 aliphatic heterocycles. The maximum Gasteiger partial charge on any atom is 0.242 e. The van der Waals surface area contributed by atoms with Gasteiger partial charge < -0.3 is 4.74 Å². The van der Waals surface area contributed by atoms with Crippen LogP contribution in [0, 0.1) is 11.3 Å². The maximum atomic E-state index is 12.3. The Morgan fingerprint density at radius 2 is 1.83 bits per heavy atom.